The number of amides is 1. The smallest absolute Gasteiger partial charge is 0.329 e. The van der Waals surface area contributed by atoms with Crippen molar-refractivity contribution in [1.82, 2.24) is 15.1 Å². The van der Waals surface area contributed by atoms with Gasteiger partial charge in [0.25, 0.3) is 5.91 Å². The molecule has 0 aliphatic rings. The van der Waals surface area contributed by atoms with E-state index in [2.05, 4.69) is 23.0 Å². The number of aryl methyl sites for hydroxylation is 1. The Morgan fingerprint density at radius 2 is 2.15 bits per heavy atom. The number of hydrogen-bond donors (Lipinski definition) is 2. The first-order valence-electron chi connectivity index (χ1n) is 7.95. The summed E-state index contributed by atoms with van der Waals surface area (Å²) >= 11 is 9.97. The van der Waals surface area contributed by atoms with E-state index in [1.54, 1.807) is 31.3 Å². The van der Waals surface area contributed by atoms with Gasteiger partial charge in [-0.05, 0) is 43.7 Å². The molecule has 1 N–H and O–H groups in total. The normalized spacial score (nSPS) is 11.7. The highest BCUT2D eigenvalue weighted by Crippen LogP contribution is 2.22. The van der Waals surface area contributed by atoms with Crippen LogP contribution in [0.25, 0.3) is 0 Å². The van der Waals surface area contributed by atoms with Crippen LogP contribution in [-0.4, -0.2) is 40.1 Å². The van der Waals surface area contributed by atoms with Crippen LogP contribution in [0.15, 0.2) is 30.5 Å². The van der Waals surface area contributed by atoms with E-state index in [9.17, 15) is 9.59 Å². The molecule has 1 atom stereocenters. The lowest BCUT2D eigenvalue weighted by atomic mass is 10.2. The Kier molecular flexibility index (Phi) is 7.35. The Labute approximate surface area is 162 Å². The first-order chi connectivity index (χ1) is 12.4. The molecule has 0 saturated heterocycles. The maximum atomic E-state index is 12.2. The summed E-state index contributed by atoms with van der Waals surface area (Å²) in [6.07, 6.45) is 1.61. The summed E-state index contributed by atoms with van der Waals surface area (Å²) in [7, 11) is 0. The first-order valence-corrected chi connectivity index (χ1v) is 8.96. The summed E-state index contributed by atoms with van der Waals surface area (Å²) in [4.78, 5) is 23.9. The van der Waals surface area contributed by atoms with Gasteiger partial charge in [0.1, 0.15) is 17.5 Å². The molecule has 26 heavy (non-hydrogen) atoms. The molecule has 2 rings (SSSR count). The number of ether oxygens (including phenoxy) is 2. The molecule has 0 spiro atoms. The molecular weight excluding hydrogens is 378 g/mol. The van der Waals surface area contributed by atoms with E-state index in [1.807, 2.05) is 6.92 Å². The summed E-state index contributed by atoms with van der Waals surface area (Å²) < 4.78 is 12.0. The highest BCUT2D eigenvalue weighted by Gasteiger charge is 2.22. The van der Waals surface area contributed by atoms with E-state index < -0.39 is 17.9 Å². The van der Waals surface area contributed by atoms with E-state index >= 15 is 0 Å². The second kappa shape index (κ2) is 9.49. The summed E-state index contributed by atoms with van der Waals surface area (Å²) in [6, 6.07) is 6.01. The number of carbonyl (C=O) groups is 2. The topological polar surface area (TPSA) is 82.5 Å². The molecule has 7 nitrogen and oxygen atoms in total. The van der Waals surface area contributed by atoms with Gasteiger partial charge in [-0.25, -0.2) is 9.48 Å². The van der Waals surface area contributed by atoms with E-state index in [-0.39, 0.29) is 24.8 Å². The summed E-state index contributed by atoms with van der Waals surface area (Å²) in [5.74, 6) is -0.215. The number of halogens is 1. The van der Waals surface area contributed by atoms with E-state index in [0.29, 0.717) is 10.8 Å². The average molecular weight is 398 g/mol. The average Bonchev–Trinajstić information content (AvgIpc) is 3.08. The third-order valence-corrected chi connectivity index (χ3v) is 4.02. The number of rotatable bonds is 8. The Hall–Kier alpha value is -2.19. The van der Waals surface area contributed by atoms with Crippen molar-refractivity contribution in [3.63, 3.8) is 0 Å². The van der Waals surface area contributed by atoms with Crippen molar-refractivity contribution in [3.8, 4) is 5.75 Å². The molecule has 2 aromatic rings. The van der Waals surface area contributed by atoms with Gasteiger partial charge in [-0.3, -0.25) is 4.79 Å². The molecule has 0 unspecified atom stereocenters. The van der Waals surface area contributed by atoms with Crippen molar-refractivity contribution >= 4 is 36.1 Å². The predicted octanol–water partition coefficient (Wildman–Crippen LogP) is 2.47. The summed E-state index contributed by atoms with van der Waals surface area (Å²) in [5, 5.41) is 7.32. The number of nitrogens with one attached hydrogen (secondary N) is 1. The summed E-state index contributed by atoms with van der Waals surface area (Å²) in [5.41, 5.74) is 1.06. The van der Waals surface area contributed by atoms with Crippen LogP contribution in [0.2, 0.25) is 5.02 Å². The minimum atomic E-state index is -0.830. The number of aromatic nitrogens is 2. The predicted molar refractivity (Wildman–Crippen MR) is 101 cm³/mol. The molecule has 1 aromatic carbocycles. The van der Waals surface area contributed by atoms with E-state index in [4.69, 9.17) is 21.1 Å². The van der Waals surface area contributed by atoms with Gasteiger partial charge in [0.05, 0.1) is 6.61 Å². The molecule has 0 aliphatic heterocycles. The third-order valence-electron chi connectivity index (χ3n) is 3.42. The van der Waals surface area contributed by atoms with Gasteiger partial charge in [0, 0.05) is 17.0 Å². The van der Waals surface area contributed by atoms with E-state index in [1.165, 1.54) is 10.7 Å². The number of benzene rings is 1. The van der Waals surface area contributed by atoms with E-state index in [0.717, 1.165) is 5.56 Å². The van der Waals surface area contributed by atoms with Crippen molar-refractivity contribution in [1.29, 1.82) is 0 Å². The minimum absolute atomic E-state index is 0.129. The van der Waals surface area contributed by atoms with Gasteiger partial charge in [0.15, 0.2) is 6.73 Å². The molecular formula is C17H20ClN3O4S. The second-order valence-corrected chi connectivity index (χ2v) is 6.19. The first kappa shape index (κ1) is 20.1. The van der Waals surface area contributed by atoms with Crippen LogP contribution in [-0.2, 0) is 16.3 Å². The molecule has 0 bridgehead atoms. The maximum absolute atomic E-state index is 12.2. The van der Waals surface area contributed by atoms with Crippen LogP contribution >= 0.6 is 24.2 Å². The molecule has 0 saturated carbocycles. The number of esters is 1. The largest absolute Gasteiger partial charge is 0.471 e. The Morgan fingerprint density at radius 3 is 2.81 bits per heavy atom. The lowest BCUT2D eigenvalue weighted by molar-refractivity contribution is -0.144. The van der Waals surface area contributed by atoms with Crippen molar-refractivity contribution in [3.05, 3.63) is 46.7 Å². The highest BCUT2D eigenvalue weighted by atomic mass is 35.5. The maximum Gasteiger partial charge on any atom is 0.329 e. The third kappa shape index (κ3) is 5.40. The second-order valence-electron chi connectivity index (χ2n) is 5.38. The van der Waals surface area contributed by atoms with Crippen LogP contribution in [0.1, 0.15) is 23.0 Å². The lowest BCUT2D eigenvalue weighted by Gasteiger charge is -2.14. The number of nitrogens with zero attached hydrogens (tertiary/aromatic N) is 2. The Bertz CT molecular complexity index is 781. The standard InChI is InChI=1S/C17H20ClN3O4S/c1-3-24-17(23)14(9-26)19-16(22)13-6-7-21(20-13)10-25-15-5-4-12(18)8-11(15)2/h4-8,14,26H,3,9-10H2,1-2H3,(H,19,22)/t14-/m0/s1. The van der Waals surface area contributed by atoms with Gasteiger partial charge in [0.2, 0.25) is 0 Å². The fourth-order valence-electron chi connectivity index (χ4n) is 2.12. The zero-order valence-corrected chi connectivity index (χ0v) is 16.1. The lowest BCUT2D eigenvalue weighted by Crippen LogP contribution is -2.43. The Balaban J connectivity index is 1.95. The quantitative estimate of drug-likeness (QED) is 0.528. The van der Waals surface area contributed by atoms with Gasteiger partial charge >= 0.3 is 5.97 Å². The number of hydrogen-bond acceptors (Lipinski definition) is 6. The molecule has 140 valence electrons. The van der Waals surface area contributed by atoms with Crippen LogP contribution in [0, 0.1) is 6.92 Å². The van der Waals surface area contributed by atoms with Crippen LogP contribution in [0.4, 0.5) is 0 Å². The van der Waals surface area contributed by atoms with Gasteiger partial charge in [-0.2, -0.15) is 17.7 Å². The SMILES string of the molecule is CCOC(=O)[C@H](CS)NC(=O)c1ccn(COc2ccc(Cl)cc2C)n1. The number of thiol groups is 1. The Morgan fingerprint density at radius 1 is 1.38 bits per heavy atom. The molecule has 1 aromatic heterocycles. The molecule has 0 fully saturated rings. The fourth-order valence-corrected chi connectivity index (χ4v) is 2.59. The van der Waals surface area contributed by atoms with Crippen molar-refractivity contribution in [2.24, 2.45) is 0 Å². The van der Waals surface area contributed by atoms with Crippen molar-refractivity contribution in [2.75, 3.05) is 12.4 Å². The number of carbonyl (C=O) groups excluding carboxylic acids is 2. The molecule has 1 amide bonds. The van der Waals surface area contributed by atoms with Gasteiger partial charge in [-0.1, -0.05) is 11.6 Å². The molecule has 1 heterocycles. The summed E-state index contributed by atoms with van der Waals surface area (Å²) in [6.45, 7) is 3.94. The molecule has 0 aliphatic carbocycles. The zero-order chi connectivity index (χ0) is 19.1. The zero-order valence-electron chi connectivity index (χ0n) is 14.4. The molecule has 9 heteroatoms. The van der Waals surface area contributed by atoms with Crippen molar-refractivity contribution < 1.29 is 19.1 Å². The fraction of sp³-hybridized carbons (Fsp3) is 0.353. The van der Waals surface area contributed by atoms with Gasteiger partial charge in [-0.15, -0.1) is 0 Å². The van der Waals surface area contributed by atoms with Crippen LogP contribution < -0.4 is 10.1 Å². The highest BCUT2D eigenvalue weighted by molar-refractivity contribution is 7.80. The monoisotopic (exact) mass is 397 g/mol. The van der Waals surface area contributed by atoms with Crippen LogP contribution in [0.5, 0.6) is 5.75 Å². The van der Waals surface area contributed by atoms with Gasteiger partial charge < -0.3 is 14.8 Å². The molecule has 0 radical (unpaired) electrons. The van der Waals surface area contributed by atoms with Crippen molar-refractivity contribution in [2.45, 2.75) is 26.6 Å². The minimum Gasteiger partial charge on any atom is -0.471 e. The van der Waals surface area contributed by atoms with Crippen LogP contribution in [0.3, 0.4) is 0 Å².